The van der Waals surface area contributed by atoms with E-state index < -0.39 is 0 Å². The van der Waals surface area contributed by atoms with Gasteiger partial charge in [0.1, 0.15) is 12.7 Å². The van der Waals surface area contributed by atoms with Gasteiger partial charge in [0.05, 0.1) is 12.2 Å². The van der Waals surface area contributed by atoms with E-state index in [1.165, 1.54) is 11.3 Å². The summed E-state index contributed by atoms with van der Waals surface area (Å²) in [6.07, 6.45) is 3.30. The maximum absolute atomic E-state index is 4.53. The summed E-state index contributed by atoms with van der Waals surface area (Å²) in [6.45, 7) is 11.0. The van der Waals surface area contributed by atoms with Crippen LogP contribution in [0.2, 0.25) is 0 Å². The Morgan fingerprint density at radius 2 is 2.16 bits per heavy atom. The highest BCUT2D eigenvalue weighted by Gasteiger charge is 2.11. The van der Waals surface area contributed by atoms with Crippen LogP contribution in [0.4, 0.5) is 0 Å². The van der Waals surface area contributed by atoms with Crippen molar-refractivity contribution in [3.05, 3.63) is 29.6 Å². The predicted molar refractivity (Wildman–Crippen MR) is 73.7 cm³/mol. The second-order valence-electron chi connectivity index (χ2n) is 4.86. The van der Waals surface area contributed by atoms with Crippen molar-refractivity contribution in [3.63, 3.8) is 0 Å². The maximum Gasteiger partial charge on any atom is 0.137 e. The Bertz CT molecular complexity index is 513. The van der Waals surface area contributed by atoms with Gasteiger partial charge >= 0.3 is 0 Å². The normalized spacial score (nSPS) is 12.8. The largest absolute Gasteiger partial charge is 0.308 e. The highest BCUT2D eigenvalue weighted by atomic mass is 15.3. The minimum absolute atomic E-state index is 0.338. The van der Waals surface area contributed by atoms with E-state index in [0.29, 0.717) is 6.04 Å². The van der Waals surface area contributed by atoms with Gasteiger partial charge in [0.2, 0.25) is 0 Å². The molecule has 2 aromatic heterocycles. The first-order valence-corrected chi connectivity index (χ1v) is 6.70. The zero-order valence-electron chi connectivity index (χ0n) is 12.1. The summed E-state index contributed by atoms with van der Waals surface area (Å²) < 4.78 is 3.89. The van der Waals surface area contributed by atoms with Gasteiger partial charge in [0.25, 0.3) is 0 Å². The van der Waals surface area contributed by atoms with Gasteiger partial charge in [-0.3, -0.25) is 9.36 Å². The van der Waals surface area contributed by atoms with Crippen LogP contribution in [0.5, 0.6) is 0 Å². The lowest BCUT2D eigenvalue weighted by Crippen LogP contribution is -2.30. The van der Waals surface area contributed by atoms with E-state index in [0.717, 1.165) is 25.3 Å². The number of rotatable bonds is 6. The summed E-state index contributed by atoms with van der Waals surface area (Å²) in [6, 6.07) is 0.338. The number of hydrogen-bond donors (Lipinski definition) is 1. The SMILES string of the molecule is CCn1nc(C)c(CN[C@H](C)Cn2cncn2)c1C. The van der Waals surface area contributed by atoms with E-state index in [1.54, 1.807) is 12.7 Å². The monoisotopic (exact) mass is 262 g/mol. The summed E-state index contributed by atoms with van der Waals surface area (Å²) in [4.78, 5) is 3.95. The Kier molecular flexibility index (Phi) is 4.31. The summed E-state index contributed by atoms with van der Waals surface area (Å²) in [5.74, 6) is 0. The molecule has 0 fully saturated rings. The first-order chi connectivity index (χ1) is 9.11. The van der Waals surface area contributed by atoms with E-state index in [9.17, 15) is 0 Å². The molecule has 0 saturated heterocycles. The molecule has 0 spiro atoms. The van der Waals surface area contributed by atoms with Gasteiger partial charge in [0, 0.05) is 30.4 Å². The Hall–Kier alpha value is -1.69. The lowest BCUT2D eigenvalue weighted by molar-refractivity contribution is 0.449. The van der Waals surface area contributed by atoms with E-state index in [4.69, 9.17) is 0 Å². The Morgan fingerprint density at radius 3 is 2.74 bits per heavy atom. The third-order valence-electron chi connectivity index (χ3n) is 3.39. The molecule has 0 aliphatic rings. The first-order valence-electron chi connectivity index (χ1n) is 6.70. The second-order valence-corrected chi connectivity index (χ2v) is 4.86. The molecule has 104 valence electrons. The zero-order valence-corrected chi connectivity index (χ0v) is 12.1. The Balaban J connectivity index is 1.93. The van der Waals surface area contributed by atoms with Crippen molar-refractivity contribution in [3.8, 4) is 0 Å². The number of nitrogens with one attached hydrogen (secondary N) is 1. The van der Waals surface area contributed by atoms with Crippen molar-refractivity contribution >= 4 is 0 Å². The van der Waals surface area contributed by atoms with E-state index in [-0.39, 0.29) is 0 Å². The molecule has 2 aromatic rings. The molecule has 0 aliphatic heterocycles. The smallest absolute Gasteiger partial charge is 0.137 e. The van der Waals surface area contributed by atoms with Crippen molar-refractivity contribution in [1.29, 1.82) is 0 Å². The van der Waals surface area contributed by atoms with Gasteiger partial charge in [0.15, 0.2) is 0 Å². The van der Waals surface area contributed by atoms with Crippen LogP contribution in [0.15, 0.2) is 12.7 Å². The fourth-order valence-electron chi connectivity index (χ4n) is 2.25. The van der Waals surface area contributed by atoms with Crippen LogP contribution in [0.25, 0.3) is 0 Å². The van der Waals surface area contributed by atoms with E-state index in [2.05, 4.69) is 52.9 Å². The first kappa shape index (κ1) is 13.7. The third kappa shape index (κ3) is 3.20. The van der Waals surface area contributed by atoms with Gasteiger partial charge in [-0.1, -0.05) is 0 Å². The quantitative estimate of drug-likeness (QED) is 0.852. The molecule has 0 saturated carbocycles. The van der Waals surface area contributed by atoms with Gasteiger partial charge in [-0.2, -0.15) is 10.2 Å². The van der Waals surface area contributed by atoms with Crippen molar-refractivity contribution < 1.29 is 0 Å². The molecule has 6 heteroatoms. The van der Waals surface area contributed by atoms with Crippen LogP contribution in [-0.4, -0.2) is 30.6 Å². The molecule has 0 unspecified atom stereocenters. The van der Waals surface area contributed by atoms with Crippen LogP contribution in [0, 0.1) is 13.8 Å². The minimum Gasteiger partial charge on any atom is -0.308 e. The molecule has 2 rings (SSSR count). The van der Waals surface area contributed by atoms with Gasteiger partial charge in [-0.25, -0.2) is 4.98 Å². The topological polar surface area (TPSA) is 60.6 Å². The molecular weight excluding hydrogens is 240 g/mol. The van der Waals surface area contributed by atoms with Crippen molar-refractivity contribution in [2.24, 2.45) is 0 Å². The summed E-state index contributed by atoms with van der Waals surface area (Å²) in [5.41, 5.74) is 3.66. The molecule has 0 aromatic carbocycles. The van der Waals surface area contributed by atoms with E-state index >= 15 is 0 Å². The summed E-state index contributed by atoms with van der Waals surface area (Å²) in [7, 11) is 0. The molecule has 1 atom stereocenters. The maximum atomic E-state index is 4.53. The lowest BCUT2D eigenvalue weighted by Gasteiger charge is -2.13. The van der Waals surface area contributed by atoms with Crippen LogP contribution in [-0.2, 0) is 19.6 Å². The zero-order chi connectivity index (χ0) is 13.8. The van der Waals surface area contributed by atoms with Crippen molar-refractivity contribution in [1.82, 2.24) is 29.9 Å². The standard InChI is InChI=1S/C13H22N6/c1-5-19-12(4)13(11(3)17-19)6-15-10(2)7-18-9-14-8-16-18/h8-10,15H,5-7H2,1-4H3/t10-/m1/s1. The van der Waals surface area contributed by atoms with E-state index in [1.807, 2.05) is 4.68 Å². The highest BCUT2D eigenvalue weighted by Crippen LogP contribution is 2.12. The summed E-state index contributed by atoms with van der Waals surface area (Å²) >= 11 is 0. The van der Waals surface area contributed by atoms with Crippen LogP contribution in [0.3, 0.4) is 0 Å². The van der Waals surface area contributed by atoms with Crippen molar-refractivity contribution in [2.45, 2.75) is 53.4 Å². The molecule has 19 heavy (non-hydrogen) atoms. The second kappa shape index (κ2) is 5.97. The molecule has 6 nitrogen and oxygen atoms in total. The number of aromatic nitrogens is 5. The highest BCUT2D eigenvalue weighted by molar-refractivity contribution is 5.24. The number of hydrogen-bond acceptors (Lipinski definition) is 4. The van der Waals surface area contributed by atoms with Gasteiger partial charge in [-0.15, -0.1) is 0 Å². The van der Waals surface area contributed by atoms with Gasteiger partial charge < -0.3 is 5.32 Å². The van der Waals surface area contributed by atoms with Crippen LogP contribution < -0.4 is 5.32 Å². The van der Waals surface area contributed by atoms with Crippen LogP contribution >= 0.6 is 0 Å². The number of nitrogens with zero attached hydrogens (tertiary/aromatic N) is 5. The molecule has 2 heterocycles. The molecule has 0 bridgehead atoms. The molecule has 1 N–H and O–H groups in total. The molecule has 0 aliphatic carbocycles. The Morgan fingerprint density at radius 1 is 1.37 bits per heavy atom. The minimum atomic E-state index is 0.338. The average Bonchev–Trinajstić information content (AvgIpc) is 2.96. The molecule has 0 radical (unpaired) electrons. The molecule has 0 amide bonds. The fraction of sp³-hybridized carbons (Fsp3) is 0.615. The van der Waals surface area contributed by atoms with Crippen LogP contribution in [0.1, 0.15) is 30.8 Å². The van der Waals surface area contributed by atoms with Crippen molar-refractivity contribution in [2.75, 3.05) is 0 Å². The fourth-order valence-corrected chi connectivity index (χ4v) is 2.25. The van der Waals surface area contributed by atoms with Gasteiger partial charge in [-0.05, 0) is 27.7 Å². The lowest BCUT2D eigenvalue weighted by atomic mass is 10.2. The number of aryl methyl sites for hydroxylation is 2. The third-order valence-corrected chi connectivity index (χ3v) is 3.39. The molecular formula is C13H22N6. The Labute approximate surface area is 113 Å². The average molecular weight is 262 g/mol. The summed E-state index contributed by atoms with van der Waals surface area (Å²) in [5, 5.41) is 12.2. The predicted octanol–water partition coefficient (Wildman–Crippen LogP) is 1.29.